The number of hydrogen-bond donors (Lipinski definition) is 2. The lowest BCUT2D eigenvalue weighted by Gasteiger charge is -2.29. The van der Waals surface area contributed by atoms with Gasteiger partial charge in [0, 0.05) is 43.8 Å². The molecule has 0 unspecified atom stereocenters. The van der Waals surface area contributed by atoms with Crippen LogP contribution in [0.15, 0.2) is 49.0 Å². The normalized spacial score (nSPS) is 20.4. The zero-order valence-corrected chi connectivity index (χ0v) is 18.3. The number of nitrogens with one attached hydrogen (secondary N) is 2. The van der Waals surface area contributed by atoms with Crippen LogP contribution in [0.2, 0.25) is 0 Å². The molecule has 0 bridgehead atoms. The fourth-order valence-electron chi connectivity index (χ4n) is 4.01. The molecule has 0 saturated carbocycles. The first kappa shape index (κ1) is 21.5. The Morgan fingerprint density at radius 1 is 1.29 bits per heavy atom. The van der Waals surface area contributed by atoms with E-state index in [1.165, 1.54) is 0 Å². The van der Waals surface area contributed by atoms with E-state index in [0.29, 0.717) is 6.04 Å². The van der Waals surface area contributed by atoms with Gasteiger partial charge in [0.2, 0.25) is 0 Å². The standard InChI is InChI=1S/C24H32N6O/c1-3-5-19(8-7-18(2)30-12-14-31-15-13-30)21-16-22-23(27-11-10-26-22)24(29-21)28-20-6-4-9-25-17-20/h5,7-8,10-11,16,20,25H,2-4,6,9,12-15,17H2,1H3,(H,28,29)/b8-7-,19-5+/t20-/m0/s1. The summed E-state index contributed by atoms with van der Waals surface area (Å²) in [6.07, 6.45) is 13.0. The average molecular weight is 421 g/mol. The minimum absolute atomic E-state index is 0.344. The molecule has 0 aromatic carbocycles. The second-order valence-corrected chi connectivity index (χ2v) is 7.96. The van der Waals surface area contributed by atoms with Gasteiger partial charge in [-0.1, -0.05) is 25.7 Å². The summed E-state index contributed by atoms with van der Waals surface area (Å²) in [5, 5.41) is 7.06. The number of ether oxygens (including phenoxy) is 1. The summed E-state index contributed by atoms with van der Waals surface area (Å²) in [6, 6.07) is 2.37. The monoisotopic (exact) mass is 420 g/mol. The van der Waals surface area contributed by atoms with Crippen LogP contribution in [-0.2, 0) is 4.74 Å². The summed E-state index contributed by atoms with van der Waals surface area (Å²) in [5.41, 5.74) is 4.62. The van der Waals surface area contributed by atoms with Crippen LogP contribution in [0.3, 0.4) is 0 Å². The van der Waals surface area contributed by atoms with Crippen molar-refractivity contribution in [1.29, 1.82) is 0 Å². The molecule has 0 aliphatic carbocycles. The molecule has 0 amide bonds. The smallest absolute Gasteiger partial charge is 0.155 e. The van der Waals surface area contributed by atoms with Gasteiger partial charge in [0.1, 0.15) is 5.52 Å². The maximum atomic E-state index is 5.45. The van der Waals surface area contributed by atoms with Crippen LogP contribution >= 0.6 is 0 Å². The molecule has 1 atom stereocenters. The van der Waals surface area contributed by atoms with E-state index >= 15 is 0 Å². The Morgan fingerprint density at radius 3 is 2.90 bits per heavy atom. The number of anilines is 1. The predicted molar refractivity (Wildman–Crippen MR) is 126 cm³/mol. The van der Waals surface area contributed by atoms with E-state index in [2.05, 4.69) is 57.2 Å². The number of pyridine rings is 1. The number of piperidine rings is 1. The Labute approximate surface area is 184 Å². The third-order valence-electron chi connectivity index (χ3n) is 5.69. The first-order valence-electron chi connectivity index (χ1n) is 11.2. The lowest BCUT2D eigenvalue weighted by atomic mass is 10.1. The van der Waals surface area contributed by atoms with Crippen molar-refractivity contribution < 1.29 is 4.74 Å². The van der Waals surface area contributed by atoms with Crippen molar-refractivity contribution in [1.82, 2.24) is 25.2 Å². The third-order valence-corrected chi connectivity index (χ3v) is 5.69. The largest absolute Gasteiger partial charge is 0.378 e. The highest BCUT2D eigenvalue weighted by atomic mass is 16.5. The maximum absolute atomic E-state index is 5.45. The summed E-state index contributed by atoms with van der Waals surface area (Å²) in [6.45, 7) is 11.6. The first-order valence-corrected chi connectivity index (χ1v) is 11.2. The van der Waals surface area contributed by atoms with Gasteiger partial charge in [0.15, 0.2) is 5.82 Å². The van der Waals surface area contributed by atoms with Crippen molar-refractivity contribution in [2.75, 3.05) is 44.7 Å². The van der Waals surface area contributed by atoms with Crippen LogP contribution < -0.4 is 10.6 Å². The van der Waals surface area contributed by atoms with Crippen molar-refractivity contribution in [3.63, 3.8) is 0 Å². The number of fused-ring (bicyclic) bond motifs is 1. The van der Waals surface area contributed by atoms with E-state index in [4.69, 9.17) is 9.72 Å². The molecule has 0 spiro atoms. The minimum atomic E-state index is 0.344. The van der Waals surface area contributed by atoms with Crippen LogP contribution in [0.5, 0.6) is 0 Å². The third kappa shape index (κ3) is 5.48. The number of aromatic nitrogens is 3. The molecule has 0 radical (unpaired) electrons. The topological polar surface area (TPSA) is 75.2 Å². The van der Waals surface area contributed by atoms with Gasteiger partial charge in [-0.3, -0.25) is 4.98 Å². The molecule has 31 heavy (non-hydrogen) atoms. The fourth-order valence-corrected chi connectivity index (χ4v) is 4.01. The highest BCUT2D eigenvalue weighted by Crippen LogP contribution is 2.25. The lowest BCUT2D eigenvalue weighted by Crippen LogP contribution is -2.38. The Morgan fingerprint density at radius 2 is 2.13 bits per heavy atom. The van der Waals surface area contributed by atoms with Gasteiger partial charge in [0.05, 0.1) is 24.4 Å². The molecule has 2 aliphatic rings. The summed E-state index contributed by atoms with van der Waals surface area (Å²) in [5.74, 6) is 0.803. The van der Waals surface area contributed by atoms with Gasteiger partial charge in [-0.15, -0.1) is 0 Å². The molecule has 4 rings (SSSR count). The number of morpholine rings is 1. The van der Waals surface area contributed by atoms with Gasteiger partial charge in [-0.25, -0.2) is 9.97 Å². The van der Waals surface area contributed by atoms with Crippen molar-refractivity contribution in [3.05, 3.63) is 54.7 Å². The Hall–Kier alpha value is -2.77. The molecule has 2 aromatic rings. The van der Waals surface area contributed by atoms with Crippen molar-refractivity contribution in [2.24, 2.45) is 0 Å². The molecule has 2 aliphatic heterocycles. The molecular weight excluding hydrogens is 388 g/mol. The molecule has 2 saturated heterocycles. The van der Waals surface area contributed by atoms with E-state index in [1.54, 1.807) is 12.4 Å². The van der Waals surface area contributed by atoms with E-state index < -0.39 is 0 Å². The highest BCUT2D eigenvalue weighted by Gasteiger charge is 2.17. The van der Waals surface area contributed by atoms with E-state index in [-0.39, 0.29) is 0 Å². The summed E-state index contributed by atoms with van der Waals surface area (Å²) in [7, 11) is 0. The van der Waals surface area contributed by atoms with E-state index in [1.807, 2.05) is 6.07 Å². The Balaban J connectivity index is 1.62. The van der Waals surface area contributed by atoms with Crippen LogP contribution in [-0.4, -0.2) is 65.3 Å². The Kier molecular flexibility index (Phi) is 7.27. The van der Waals surface area contributed by atoms with Gasteiger partial charge in [-0.2, -0.15) is 0 Å². The minimum Gasteiger partial charge on any atom is -0.378 e. The highest BCUT2D eigenvalue weighted by molar-refractivity contribution is 5.89. The summed E-state index contributed by atoms with van der Waals surface area (Å²) < 4.78 is 5.45. The molecule has 7 heteroatoms. The average Bonchev–Trinajstić information content (AvgIpc) is 2.82. The number of hydrogen-bond acceptors (Lipinski definition) is 7. The zero-order chi connectivity index (χ0) is 21.5. The van der Waals surface area contributed by atoms with Crippen molar-refractivity contribution >= 4 is 22.4 Å². The zero-order valence-electron chi connectivity index (χ0n) is 18.3. The number of nitrogens with zero attached hydrogens (tertiary/aromatic N) is 4. The molecule has 4 heterocycles. The molecule has 2 N–H and O–H groups in total. The van der Waals surface area contributed by atoms with Crippen LogP contribution in [0, 0.1) is 0 Å². The van der Waals surface area contributed by atoms with Crippen LogP contribution in [0.25, 0.3) is 16.6 Å². The quantitative estimate of drug-likeness (QED) is 0.665. The first-order chi connectivity index (χ1) is 15.2. The Bertz CT molecular complexity index is 958. The van der Waals surface area contributed by atoms with Gasteiger partial charge >= 0.3 is 0 Å². The predicted octanol–water partition coefficient (Wildman–Crippen LogP) is 3.38. The molecule has 2 aromatic heterocycles. The number of allylic oxidation sites excluding steroid dienone is 4. The second kappa shape index (κ2) is 10.5. The van der Waals surface area contributed by atoms with Crippen LogP contribution in [0.1, 0.15) is 31.9 Å². The van der Waals surface area contributed by atoms with E-state index in [0.717, 1.165) is 92.5 Å². The SMILES string of the molecule is C=C(/C=C\C(=C/CC)c1cc2nccnc2c(N[C@H]2CCCNC2)n1)N1CCOCC1. The van der Waals surface area contributed by atoms with Gasteiger partial charge < -0.3 is 20.3 Å². The van der Waals surface area contributed by atoms with Gasteiger partial charge in [-0.05, 0) is 43.5 Å². The number of rotatable bonds is 7. The molecular formula is C24H32N6O. The lowest BCUT2D eigenvalue weighted by molar-refractivity contribution is 0.0556. The summed E-state index contributed by atoms with van der Waals surface area (Å²) >= 11 is 0. The second-order valence-electron chi connectivity index (χ2n) is 7.96. The van der Waals surface area contributed by atoms with Gasteiger partial charge in [0.25, 0.3) is 0 Å². The van der Waals surface area contributed by atoms with Crippen molar-refractivity contribution in [3.8, 4) is 0 Å². The van der Waals surface area contributed by atoms with E-state index in [9.17, 15) is 0 Å². The fraction of sp³-hybridized carbons (Fsp3) is 0.458. The van der Waals surface area contributed by atoms with Crippen molar-refractivity contribution in [2.45, 2.75) is 32.2 Å². The molecule has 164 valence electrons. The maximum Gasteiger partial charge on any atom is 0.155 e. The van der Waals surface area contributed by atoms with Crippen LogP contribution in [0.4, 0.5) is 5.82 Å². The summed E-state index contributed by atoms with van der Waals surface area (Å²) in [4.78, 5) is 16.3. The molecule has 2 fully saturated rings. The molecule has 7 nitrogen and oxygen atoms in total.